The first-order valence-corrected chi connectivity index (χ1v) is 6.34. The molecule has 0 saturated heterocycles. The predicted octanol–water partition coefficient (Wildman–Crippen LogP) is 3.32. The molecule has 0 radical (unpaired) electrons. The van der Waals surface area contributed by atoms with E-state index in [9.17, 15) is 9.50 Å². The van der Waals surface area contributed by atoms with Gasteiger partial charge in [0.2, 0.25) is 0 Å². The fourth-order valence-corrected chi connectivity index (χ4v) is 2.50. The van der Waals surface area contributed by atoms with Crippen molar-refractivity contribution in [3.05, 3.63) is 50.6 Å². The molecule has 0 aliphatic carbocycles. The van der Waals surface area contributed by atoms with E-state index in [1.54, 1.807) is 17.8 Å². The summed E-state index contributed by atoms with van der Waals surface area (Å²) < 4.78 is 13.5. The lowest BCUT2D eigenvalue weighted by Gasteiger charge is -2.09. The van der Waals surface area contributed by atoms with Gasteiger partial charge in [0, 0.05) is 17.1 Å². The van der Waals surface area contributed by atoms with Crippen molar-refractivity contribution in [1.82, 2.24) is 4.98 Å². The Hall–Kier alpha value is -0.780. The van der Waals surface area contributed by atoms with E-state index in [0.29, 0.717) is 10.9 Å². The van der Waals surface area contributed by atoms with Crippen LogP contribution in [0.3, 0.4) is 0 Å². The Balaban J connectivity index is 2.15. The summed E-state index contributed by atoms with van der Waals surface area (Å²) in [6.07, 6.45) is 1.50. The van der Waals surface area contributed by atoms with E-state index in [2.05, 4.69) is 20.9 Å². The summed E-state index contributed by atoms with van der Waals surface area (Å²) in [5.41, 5.74) is 2.56. The number of hydrogen-bond donors (Lipinski definition) is 1. The van der Waals surface area contributed by atoms with Crippen LogP contribution >= 0.6 is 27.3 Å². The quantitative estimate of drug-likeness (QED) is 0.943. The van der Waals surface area contributed by atoms with Gasteiger partial charge in [-0.15, -0.1) is 11.3 Å². The van der Waals surface area contributed by atoms with Crippen molar-refractivity contribution in [2.75, 3.05) is 0 Å². The fourth-order valence-electron chi connectivity index (χ4n) is 1.39. The van der Waals surface area contributed by atoms with Crippen LogP contribution in [-0.4, -0.2) is 10.1 Å². The number of nitrogens with zero attached hydrogens (tertiary/aromatic N) is 1. The number of halogens is 2. The number of aromatic nitrogens is 1. The van der Waals surface area contributed by atoms with E-state index < -0.39 is 6.10 Å². The number of thiazole rings is 1. The third-order valence-corrected chi connectivity index (χ3v) is 3.82. The Morgan fingerprint density at radius 1 is 1.50 bits per heavy atom. The highest BCUT2D eigenvalue weighted by atomic mass is 79.9. The van der Waals surface area contributed by atoms with Gasteiger partial charge < -0.3 is 5.11 Å². The smallest absolute Gasteiger partial charge is 0.124 e. The van der Waals surface area contributed by atoms with Crippen molar-refractivity contribution in [3.63, 3.8) is 0 Å². The maximum absolute atomic E-state index is 12.9. The first-order valence-electron chi connectivity index (χ1n) is 4.67. The lowest BCUT2D eigenvalue weighted by atomic mass is 10.1. The lowest BCUT2D eigenvalue weighted by Crippen LogP contribution is -2.00. The van der Waals surface area contributed by atoms with Gasteiger partial charge in [0.05, 0.1) is 16.5 Å². The number of aliphatic hydroxyl groups is 1. The molecule has 0 aliphatic heterocycles. The summed E-state index contributed by atoms with van der Waals surface area (Å²) in [4.78, 5) is 4.72. The van der Waals surface area contributed by atoms with Crippen LogP contribution in [0, 0.1) is 5.82 Å². The first kappa shape index (κ1) is 11.7. The normalized spacial score (nSPS) is 12.7. The third-order valence-electron chi connectivity index (χ3n) is 2.21. The van der Waals surface area contributed by atoms with Gasteiger partial charge in [-0.2, -0.15) is 0 Å². The molecule has 1 aromatic heterocycles. The molecule has 0 bridgehead atoms. The maximum atomic E-state index is 12.9. The maximum Gasteiger partial charge on any atom is 0.124 e. The third kappa shape index (κ3) is 2.66. The van der Waals surface area contributed by atoms with Gasteiger partial charge in [-0.05, 0) is 17.7 Å². The minimum atomic E-state index is -0.589. The summed E-state index contributed by atoms with van der Waals surface area (Å²) in [5, 5.41) is 9.91. The molecule has 16 heavy (non-hydrogen) atoms. The van der Waals surface area contributed by atoms with Crippen molar-refractivity contribution in [2.24, 2.45) is 0 Å². The zero-order valence-electron chi connectivity index (χ0n) is 8.23. The first-order chi connectivity index (χ1) is 7.66. The standard InChI is InChI=1S/C11H9BrFNOS/c12-9-4-8(13)2-1-7(9)3-10(15)11-5-14-6-16-11/h1-2,4-6,10,15H,3H2. The topological polar surface area (TPSA) is 33.1 Å². The zero-order chi connectivity index (χ0) is 11.5. The molecule has 2 aromatic rings. The van der Waals surface area contributed by atoms with Gasteiger partial charge in [-0.3, -0.25) is 4.98 Å². The van der Waals surface area contributed by atoms with Crippen molar-refractivity contribution >= 4 is 27.3 Å². The average Bonchev–Trinajstić information content (AvgIpc) is 2.75. The molecule has 1 aromatic carbocycles. The highest BCUT2D eigenvalue weighted by Crippen LogP contribution is 2.26. The van der Waals surface area contributed by atoms with Gasteiger partial charge >= 0.3 is 0 Å². The second-order valence-corrected chi connectivity index (χ2v) is 5.13. The second kappa shape index (κ2) is 5.03. The minimum Gasteiger partial charge on any atom is -0.387 e. The molecule has 0 saturated carbocycles. The molecular formula is C11H9BrFNOS. The molecule has 1 atom stereocenters. The van der Waals surface area contributed by atoms with Crippen LogP contribution in [0.25, 0.3) is 0 Å². The molecular weight excluding hydrogens is 293 g/mol. The predicted molar refractivity (Wildman–Crippen MR) is 64.9 cm³/mol. The molecule has 0 amide bonds. The number of rotatable bonds is 3. The Morgan fingerprint density at radius 2 is 2.31 bits per heavy atom. The van der Waals surface area contributed by atoms with Gasteiger partial charge in [-0.25, -0.2) is 4.39 Å². The number of aliphatic hydroxyl groups excluding tert-OH is 1. The fraction of sp³-hybridized carbons (Fsp3) is 0.182. The van der Waals surface area contributed by atoms with E-state index in [0.717, 1.165) is 10.4 Å². The van der Waals surface area contributed by atoms with Crippen molar-refractivity contribution in [3.8, 4) is 0 Å². The highest BCUT2D eigenvalue weighted by molar-refractivity contribution is 9.10. The molecule has 1 N–H and O–H groups in total. The molecule has 2 nitrogen and oxygen atoms in total. The summed E-state index contributed by atoms with van der Waals surface area (Å²) in [6.45, 7) is 0. The largest absolute Gasteiger partial charge is 0.387 e. The highest BCUT2D eigenvalue weighted by Gasteiger charge is 2.12. The molecule has 1 unspecified atom stereocenters. The molecule has 5 heteroatoms. The zero-order valence-corrected chi connectivity index (χ0v) is 10.6. The Morgan fingerprint density at radius 3 is 2.94 bits per heavy atom. The molecule has 84 valence electrons. The SMILES string of the molecule is OC(Cc1ccc(F)cc1Br)c1cncs1. The molecule has 0 fully saturated rings. The number of hydrogen-bond acceptors (Lipinski definition) is 3. The van der Waals surface area contributed by atoms with Crippen molar-refractivity contribution in [2.45, 2.75) is 12.5 Å². The molecule has 2 rings (SSSR count). The van der Waals surface area contributed by atoms with E-state index in [1.165, 1.54) is 23.5 Å². The molecule has 1 heterocycles. The summed E-state index contributed by atoms with van der Waals surface area (Å²) in [5.74, 6) is -0.289. The van der Waals surface area contributed by atoms with Gasteiger partial charge in [0.25, 0.3) is 0 Å². The monoisotopic (exact) mass is 301 g/mol. The number of benzene rings is 1. The van der Waals surface area contributed by atoms with Crippen LogP contribution < -0.4 is 0 Å². The summed E-state index contributed by atoms with van der Waals surface area (Å²) >= 11 is 4.68. The lowest BCUT2D eigenvalue weighted by molar-refractivity contribution is 0.182. The van der Waals surface area contributed by atoms with Gasteiger partial charge in [0.1, 0.15) is 5.82 Å². The van der Waals surface area contributed by atoms with Crippen LogP contribution in [0.5, 0.6) is 0 Å². The van der Waals surface area contributed by atoms with E-state index in [4.69, 9.17) is 0 Å². The Kier molecular flexibility index (Phi) is 3.68. The molecule has 0 aliphatic rings. The Labute approximate surface area is 105 Å². The van der Waals surface area contributed by atoms with Crippen LogP contribution in [0.1, 0.15) is 16.5 Å². The van der Waals surface area contributed by atoms with Crippen LogP contribution in [-0.2, 0) is 6.42 Å². The summed E-state index contributed by atoms with van der Waals surface area (Å²) in [6, 6.07) is 4.46. The van der Waals surface area contributed by atoms with E-state index >= 15 is 0 Å². The van der Waals surface area contributed by atoms with Crippen LogP contribution in [0.2, 0.25) is 0 Å². The van der Waals surface area contributed by atoms with Crippen LogP contribution in [0.4, 0.5) is 4.39 Å². The summed E-state index contributed by atoms with van der Waals surface area (Å²) in [7, 11) is 0. The van der Waals surface area contributed by atoms with Crippen LogP contribution in [0.15, 0.2) is 34.4 Å². The van der Waals surface area contributed by atoms with E-state index in [-0.39, 0.29) is 5.82 Å². The second-order valence-electron chi connectivity index (χ2n) is 3.36. The van der Waals surface area contributed by atoms with E-state index in [1.807, 2.05) is 0 Å². The van der Waals surface area contributed by atoms with Crippen molar-refractivity contribution < 1.29 is 9.50 Å². The Bertz CT molecular complexity index is 475. The van der Waals surface area contributed by atoms with Gasteiger partial charge in [-0.1, -0.05) is 22.0 Å². The van der Waals surface area contributed by atoms with Crippen molar-refractivity contribution in [1.29, 1.82) is 0 Å². The minimum absolute atomic E-state index is 0.289. The molecule has 0 spiro atoms. The average molecular weight is 302 g/mol. The van der Waals surface area contributed by atoms with Gasteiger partial charge in [0.15, 0.2) is 0 Å².